The van der Waals surface area contributed by atoms with Gasteiger partial charge < -0.3 is 20.1 Å². The largest absolute Gasteiger partial charge is 0.481 e. The van der Waals surface area contributed by atoms with Crippen molar-refractivity contribution >= 4 is 18.0 Å². The van der Waals surface area contributed by atoms with Crippen LogP contribution in [0.1, 0.15) is 29.9 Å². The average Bonchev–Trinajstić information content (AvgIpc) is 3.14. The zero-order valence-corrected chi connectivity index (χ0v) is 18.0. The van der Waals surface area contributed by atoms with E-state index in [-0.39, 0.29) is 38.5 Å². The number of alkyl carbamates (subject to hydrolysis) is 1. The minimum atomic E-state index is -5.07. The normalized spacial score (nSPS) is 18.6. The van der Waals surface area contributed by atoms with Crippen molar-refractivity contribution in [3.05, 3.63) is 59.7 Å². The zero-order valence-electron chi connectivity index (χ0n) is 18.0. The van der Waals surface area contributed by atoms with Gasteiger partial charge in [-0.05, 0) is 35.1 Å². The fourth-order valence-electron chi connectivity index (χ4n) is 4.60. The number of ether oxygens (including phenoxy) is 1. The second kappa shape index (κ2) is 9.36. The smallest absolute Gasteiger partial charge is 0.417 e. The third-order valence-electron chi connectivity index (χ3n) is 6.26. The van der Waals surface area contributed by atoms with Crippen LogP contribution in [0, 0.1) is 5.92 Å². The molecule has 1 unspecified atom stereocenters. The lowest BCUT2D eigenvalue weighted by atomic mass is 9.97. The fraction of sp³-hybridized carbons (Fsp3) is 0.375. The van der Waals surface area contributed by atoms with Gasteiger partial charge in [0.25, 0.3) is 5.91 Å². The molecule has 1 heterocycles. The van der Waals surface area contributed by atoms with Crippen LogP contribution < -0.4 is 5.32 Å². The quantitative estimate of drug-likeness (QED) is 0.685. The van der Waals surface area contributed by atoms with E-state index in [0.717, 1.165) is 27.2 Å². The summed E-state index contributed by atoms with van der Waals surface area (Å²) >= 11 is 0. The van der Waals surface area contributed by atoms with Gasteiger partial charge in [-0.25, -0.2) is 4.79 Å². The number of carbonyl (C=O) groups is 3. The number of carboxylic acids is 1. The summed E-state index contributed by atoms with van der Waals surface area (Å²) in [5.41, 5.74) is 3.73. The van der Waals surface area contributed by atoms with Gasteiger partial charge in [-0.3, -0.25) is 9.59 Å². The molecule has 0 radical (unpaired) electrons. The van der Waals surface area contributed by atoms with Crippen LogP contribution in [0.25, 0.3) is 11.1 Å². The molecular formula is C24H23F3N2O5. The average molecular weight is 476 g/mol. The van der Waals surface area contributed by atoms with Crippen molar-refractivity contribution < 1.29 is 37.4 Å². The number of halogens is 3. The van der Waals surface area contributed by atoms with Crippen LogP contribution in [-0.2, 0) is 14.3 Å². The number of likely N-dealkylation sites (tertiary alicyclic amines) is 1. The molecule has 10 heteroatoms. The number of carboxylic acid groups (broad SMARTS) is 1. The summed E-state index contributed by atoms with van der Waals surface area (Å²) in [6.45, 7) is -0.557. The molecule has 1 saturated heterocycles. The minimum Gasteiger partial charge on any atom is -0.481 e. The van der Waals surface area contributed by atoms with Gasteiger partial charge in [-0.1, -0.05) is 48.5 Å². The number of alkyl halides is 3. The Balaban J connectivity index is 1.44. The molecule has 2 aromatic rings. The Morgan fingerprint density at radius 2 is 1.65 bits per heavy atom. The number of rotatable bonds is 5. The monoisotopic (exact) mass is 476 g/mol. The van der Waals surface area contributed by atoms with Gasteiger partial charge in [0.15, 0.2) is 0 Å². The summed E-state index contributed by atoms with van der Waals surface area (Å²) in [5.74, 6) is -3.87. The molecule has 180 valence electrons. The lowest BCUT2D eigenvalue weighted by Gasteiger charge is -2.34. The molecule has 2 aromatic carbocycles. The fourth-order valence-corrected chi connectivity index (χ4v) is 4.60. The van der Waals surface area contributed by atoms with Crippen molar-refractivity contribution in [3.63, 3.8) is 0 Å². The van der Waals surface area contributed by atoms with Gasteiger partial charge in [0, 0.05) is 19.0 Å². The molecule has 1 aliphatic heterocycles. The molecule has 1 fully saturated rings. The molecule has 2 amide bonds. The third-order valence-corrected chi connectivity index (χ3v) is 6.26. The Hall–Kier alpha value is -3.56. The van der Waals surface area contributed by atoms with Crippen LogP contribution in [0.3, 0.4) is 0 Å². The first-order valence-corrected chi connectivity index (χ1v) is 10.9. The number of benzene rings is 2. The SMILES string of the molecule is O=C(NC(C(=O)N1CCC[C@H](C(=O)O)C1)C(F)(F)F)OCC1c2ccccc2-c2ccccc21. The Kier molecular flexibility index (Phi) is 6.49. The number of carbonyl (C=O) groups excluding carboxylic acids is 2. The minimum absolute atomic E-state index is 0.0123. The van der Waals surface area contributed by atoms with E-state index >= 15 is 0 Å². The molecule has 2 atom stereocenters. The summed E-state index contributed by atoms with van der Waals surface area (Å²) in [6, 6.07) is 12.2. The highest BCUT2D eigenvalue weighted by molar-refractivity contribution is 5.87. The number of aliphatic carboxylic acids is 1. The second-order valence-corrected chi connectivity index (χ2v) is 8.41. The van der Waals surface area contributed by atoms with Gasteiger partial charge in [0.05, 0.1) is 5.92 Å². The van der Waals surface area contributed by atoms with Crippen molar-refractivity contribution in [2.45, 2.75) is 31.0 Å². The van der Waals surface area contributed by atoms with E-state index in [4.69, 9.17) is 9.84 Å². The molecule has 2 aliphatic rings. The first-order valence-electron chi connectivity index (χ1n) is 10.9. The molecule has 34 heavy (non-hydrogen) atoms. The van der Waals surface area contributed by atoms with Gasteiger partial charge in [0.2, 0.25) is 6.04 Å². The maximum absolute atomic E-state index is 13.6. The van der Waals surface area contributed by atoms with Crippen molar-refractivity contribution in [3.8, 4) is 11.1 Å². The van der Waals surface area contributed by atoms with E-state index in [9.17, 15) is 27.6 Å². The van der Waals surface area contributed by atoms with E-state index < -0.39 is 36.1 Å². The second-order valence-electron chi connectivity index (χ2n) is 8.41. The van der Waals surface area contributed by atoms with E-state index in [1.807, 2.05) is 48.5 Å². The molecule has 0 spiro atoms. The maximum Gasteiger partial charge on any atom is 0.417 e. The molecule has 1 aliphatic carbocycles. The Morgan fingerprint density at radius 3 is 2.21 bits per heavy atom. The number of piperidine rings is 1. The van der Waals surface area contributed by atoms with E-state index in [0.29, 0.717) is 0 Å². The van der Waals surface area contributed by atoms with Crippen LogP contribution in [0.2, 0.25) is 0 Å². The van der Waals surface area contributed by atoms with E-state index in [1.165, 1.54) is 0 Å². The maximum atomic E-state index is 13.6. The summed E-state index contributed by atoms with van der Waals surface area (Å²) < 4.78 is 46.1. The number of amides is 2. The van der Waals surface area contributed by atoms with Crippen molar-refractivity contribution in [1.29, 1.82) is 0 Å². The molecule has 7 nitrogen and oxygen atoms in total. The predicted molar refractivity (Wildman–Crippen MR) is 115 cm³/mol. The number of nitrogens with zero attached hydrogens (tertiary/aromatic N) is 1. The first-order chi connectivity index (χ1) is 16.2. The van der Waals surface area contributed by atoms with Crippen LogP contribution in [-0.4, -0.2) is 59.9 Å². The van der Waals surface area contributed by atoms with Crippen LogP contribution >= 0.6 is 0 Å². The predicted octanol–water partition coefficient (Wildman–Crippen LogP) is 3.78. The summed E-state index contributed by atoms with van der Waals surface area (Å²) in [6.07, 6.45) is -5.91. The van der Waals surface area contributed by atoms with Gasteiger partial charge in [-0.2, -0.15) is 13.2 Å². The van der Waals surface area contributed by atoms with Gasteiger partial charge in [-0.15, -0.1) is 0 Å². The lowest BCUT2D eigenvalue weighted by molar-refractivity contribution is -0.175. The van der Waals surface area contributed by atoms with Gasteiger partial charge in [0.1, 0.15) is 6.61 Å². The van der Waals surface area contributed by atoms with E-state index in [2.05, 4.69) is 0 Å². The Morgan fingerprint density at radius 1 is 1.06 bits per heavy atom. The Bertz CT molecular complexity index is 1060. The lowest BCUT2D eigenvalue weighted by Crippen LogP contribution is -2.58. The summed E-state index contributed by atoms with van der Waals surface area (Å²) in [4.78, 5) is 37.0. The van der Waals surface area contributed by atoms with Gasteiger partial charge >= 0.3 is 18.2 Å². The topological polar surface area (TPSA) is 95.9 Å². The molecule has 0 saturated carbocycles. The van der Waals surface area contributed by atoms with Crippen molar-refractivity contribution in [1.82, 2.24) is 10.2 Å². The molecule has 0 aromatic heterocycles. The first kappa shape index (κ1) is 23.6. The molecule has 4 rings (SSSR count). The number of hydrogen-bond acceptors (Lipinski definition) is 4. The zero-order chi connectivity index (χ0) is 24.5. The van der Waals surface area contributed by atoms with Crippen molar-refractivity contribution in [2.24, 2.45) is 5.92 Å². The van der Waals surface area contributed by atoms with Crippen LogP contribution in [0.15, 0.2) is 48.5 Å². The number of fused-ring (bicyclic) bond motifs is 3. The standard InChI is InChI=1S/C24H23F3N2O5/c25-24(26,27)20(21(30)29-11-5-6-14(12-29)22(31)32)28-23(33)34-13-19-17-9-3-1-7-15(17)16-8-2-4-10-18(16)19/h1-4,7-10,14,19-20H,5-6,11-13H2,(H,28,33)(H,31,32)/t14-,20?/m0/s1. The third kappa shape index (κ3) is 4.71. The van der Waals surface area contributed by atoms with E-state index in [1.54, 1.807) is 5.32 Å². The highest BCUT2D eigenvalue weighted by Crippen LogP contribution is 2.44. The Labute approximate surface area is 193 Å². The summed E-state index contributed by atoms with van der Waals surface area (Å²) in [7, 11) is 0. The number of hydrogen-bond donors (Lipinski definition) is 2. The van der Waals surface area contributed by atoms with Crippen molar-refractivity contribution in [2.75, 3.05) is 19.7 Å². The van der Waals surface area contributed by atoms with Crippen LogP contribution in [0.5, 0.6) is 0 Å². The highest BCUT2D eigenvalue weighted by atomic mass is 19.4. The summed E-state index contributed by atoms with van der Waals surface area (Å²) in [5, 5.41) is 10.8. The molecule has 0 bridgehead atoms. The molecule has 2 N–H and O–H groups in total. The number of nitrogens with one attached hydrogen (secondary N) is 1. The molecular weight excluding hydrogens is 453 g/mol. The van der Waals surface area contributed by atoms with Crippen LogP contribution in [0.4, 0.5) is 18.0 Å². The highest BCUT2D eigenvalue weighted by Gasteiger charge is 2.49.